The monoisotopic (exact) mass is 370 g/mol. The van der Waals surface area contributed by atoms with Crippen LogP contribution < -0.4 is 5.32 Å². The summed E-state index contributed by atoms with van der Waals surface area (Å²) in [6.07, 6.45) is -5.02. The summed E-state index contributed by atoms with van der Waals surface area (Å²) in [7, 11) is 0. The van der Waals surface area contributed by atoms with Crippen LogP contribution in [0.25, 0.3) is 11.3 Å². The molecule has 2 rings (SSSR count). The summed E-state index contributed by atoms with van der Waals surface area (Å²) in [5, 5.41) is 12.9. The van der Waals surface area contributed by atoms with Crippen molar-refractivity contribution >= 4 is 0 Å². The molecule has 1 heterocycles. The number of hydrogen-bond acceptors (Lipinski definition) is 3. The first-order chi connectivity index (χ1) is 12.1. The molecule has 3 nitrogen and oxygen atoms in total. The number of alkyl halides is 3. The van der Waals surface area contributed by atoms with E-state index in [1.165, 1.54) is 24.3 Å². The van der Waals surface area contributed by atoms with E-state index in [1.807, 2.05) is 13.8 Å². The highest BCUT2D eigenvalue weighted by molar-refractivity contribution is 5.59. The molecule has 0 saturated heterocycles. The van der Waals surface area contributed by atoms with Gasteiger partial charge in [-0.1, -0.05) is 26.0 Å². The molecule has 26 heavy (non-hydrogen) atoms. The van der Waals surface area contributed by atoms with Crippen LogP contribution in [-0.4, -0.2) is 22.2 Å². The molecule has 0 aliphatic rings. The molecule has 1 aromatic heterocycles. The van der Waals surface area contributed by atoms with Crippen LogP contribution in [0.5, 0.6) is 0 Å². The Morgan fingerprint density at radius 2 is 1.65 bits per heavy atom. The van der Waals surface area contributed by atoms with Crippen LogP contribution in [-0.2, 0) is 12.7 Å². The third kappa shape index (κ3) is 5.02. The fourth-order valence-corrected chi connectivity index (χ4v) is 2.78. The van der Waals surface area contributed by atoms with Crippen LogP contribution in [0.2, 0.25) is 0 Å². The molecule has 1 unspecified atom stereocenters. The van der Waals surface area contributed by atoms with E-state index in [2.05, 4.69) is 10.3 Å². The van der Waals surface area contributed by atoms with Gasteiger partial charge < -0.3 is 10.4 Å². The summed E-state index contributed by atoms with van der Waals surface area (Å²) in [6.45, 7) is 5.63. The Labute approximate surface area is 150 Å². The van der Waals surface area contributed by atoms with Gasteiger partial charge in [0.05, 0.1) is 23.1 Å². The van der Waals surface area contributed by atoms with Crippen LogP contribution in [0.1, 0.15) is 32.0 Å². The number of aromatic nitrogens is 1. The van der Waals surface area contributed by atoms with Crippen molar-refractivity contribution < 1.29 is 22.7 Å². The summed E-state index contributed by atoms with van der Waals surface area (Å²) in [4.78, 5) is 4.22. The molecule has 0 spiro atoms. The third-order valence-corrected chi connectivity index (χ3v) is 4.17. The van der Waals surface area contributed by atoms with Crippen molar-refractivity contribution in [1.29, 1.82) is 0 Å². The first kappa shape index (κ1) is 20.3. The van der Waals surface area contributed by atoms with Crippen molar-refractivity contribution in [2.24, 2.45) is 5.92 Å². The fraction of sp³-hybridized carbons (Fsp3) is 0.421. The van der Waals surface area contributed by atoms with Crippen molar-refractivity contribution in [2.75, 3.05) is 0 Å². The molecule has 0 radical (unpaired) electrons. The van der Waals surface area contributed by atoms with Crippen LogP contribution in [0.15, 0.2) is 36.4 Å². The Morgan fingerprint density at radius 1 is 1.04 bits per heavy atom. The zero-order valence-corrected chi connectivity index (χ0v) is 14.8. The van der Waals surface area contributed by atoms with Gasteiger partial charge in [-0.25, -0.2) is 9.37 Å². The zero-order valence-electron chi connectivity index (χ0n) is 14.8. The van der Waals surface area contributed by atoms with E-state index in [9.17, 15) is 22.7 Å². The summed E-state index contributed by atoms with van der Waals surface area (Å²) in [6, 6.07) is 7.01. The molecule has 2 atom stereocenters. The highest BCUT2D eigenvalue weighted by Crippen LogP contribution is 2.30. The van der Waals surface area contributed by atoms with E-state index >= 15 is 0 Å². The Balaban J connectivity index is 2.21. The third-order valence-electron chi connectivity index (χ3n) is 4.17. The minimum atomic E-state index is -4.41. The first-order valence-electron chi connectivity index (χ1n) is 8.34. The second-order valence-corrected chi connectivity index (χ2v) is 6.59. The zero-order chi connectivity index (χ0) is 19.5. The average molecular weight is 370 g/mol. The minimum absolute atomic E-state index is 0.105. The van der Waals surface area contributed by atoms with E-state index in [0.717, 1.165) is 12.1 Å². The van der Waals surface area contributed by atoms with E-state index < -0.39 is 23.7 Å². The Kier molecular flexibility index (Phi) is 6.36. The Hall–Kier alpha value is -1.99. The lowest BCUT2D eigenvalue weighted by Crippen LogP contribution is -2.42. The maximum Gasteiger partial charge on any atom is 0.416 e. The summed E-state index contributed by atoms with van der Waals surface area (Å²) < 4.78 is 52.0. The molecule has 0 bridgehead atoms. The van der Waals surface area contributed by atoms with Crippen LogP contribution in [0, 0.1) is 11.7 Å². The average Bonchev–Trinajstić information content (AvgIpc) is 2.55. The first-order valence-corrected chi connectivity index (χ1v) is 8.34. The number of nitrogens with one attached hydrogen (secondary N) is 1. The molecule has 1 aromatic carbocycles. The van der Waals surface area contributed by atoms with Gasteiger partial charge in [0.2, 0.25) is 0 Å². The maximum absolute atomic E-state index is 14.0. The molecular formula is C19H22F4N2O. The minimum Gasteiger partial charge on any atom is -0.392 e. The molecule has 7 heteroatoms. The van der Waals surface area contributed by atoms with E-state index in [0.29, 0.717) is 11.3 Å². The largest absolute Gasteiger partial charge is 0.416 e. The van der Waals surface area contributed by atoms with Gasteiger partial charge in [-0.3, -0.25) is 0 Å². The number of halogens is 4. The van der Waals surface area contributed by atoms with Gasteiger partial charge in [0.1, 0.15) is 5.82 Å². The molecule has 2 N–H and O–H groups in total. The molecule has 2 aromatic rings. The quantitative estimate of drug-likeness (QED) is 0.741. The van der Waals surface area contributed by atoms with Gasteiger partial charge in [-0.05, 0) is 37.1 Å². The van der Waals surface area contributed by atoms with Crippen molar-refractivity contribution in [3.63, 3.8) is 0 Å². The van der Waals surface area contributed by atoms with Crippen molar-refractivity contribution in [1.82, 2.24) is 10.3 Å². The maximum atomic E-state index is 14.0. The van der Waals surface area contributed by atoms with Gasteiger partial charge in [0.15, 0.2) is 0 Å². The fourth-order valence-electron chi connectivity index (χ4n) is 2.78. The number of pyridine rings is 1. The van der Waals surface area contributed by atoms with E-state index in [1.54, 1.807) is 6.92 Å². The number of hydrogen-bond donors (Lipinski definition) is 2. The van der Waals surface area contributed by atoms with Crippen molar-refractivity contribution in [3.8, 4) is 11.3 Å². The summed E-state index contributed by atoms with van der Waals surface area (Å²) in [5.74, 6) is -0.377. The smallest absolute Gasteiger partial charge is 0.392 e. The highest BCUT2D eigenvalue weighted by Gasteiger charge is 2.30. The summed E-state index contributed by atoms with van der Waals surface area (Å²) >= 11 is 0. The number of benzene rings is 1. The van der Waals surface area contributed by atoms with E-state index in [-0.39, 0.29) is 24.2 Å². The Bertz CT molecular complexity index is 719. The molecule has 142 valence electrons. The van der Waals surface area contributed by atoms with Gasteiger partial charge in [0.25, 0.3) is 0 Å². The summed E-state index contributed by atoms with van der Waals surface area (Å²) in [5.41, 5.74) is 0.251. The van der Waals surface area contributed by atoms with Crippen molar-refractivity contribution in [2.45, 2.75) is 45.6 Å². The number of aliphatic hydroxyl groups excluding tert-OH is 1. The van der Waals surface area contributed by atoms with Gasteiger partial charge in [0, 0.05) is 18.2 Å². The van der Waals surface area contributed by atoms with Crippen LogP contribution in [0.3, 0.4) is 0 Å². The van der Waals surface area contributed by atoms with Crippen LogP contribution in [0.4, 0.5) is 17.6 Å². The molecule has 0 saturated carbocycles. The normalized spacial score (nSPS) is 14.5. The van der Waals surface area contributed by atoms with Gasteiger partial charge in [-0.15, -0.1) is 0 Å². The topological polar surface area (TPSA) is 45.2 Å². The highest BCUT2D eigenvalue weighted by atomic mass is 19.4. The second kappa shape index (κ2) is 8.14. The number of rotatable bonds is 6. The molecule has 0 aliphatic carbocycles. The van der Waals surface area contributed by atoms with Crippen LogP contribution >= 0.6 is 0 Å². The van der Waals surface area contributed by atoms with E-state index in [4.69, 9.17) is 0 Å². The lowest BCUT2D eigenvalue weighted by atomic mass is 9.99. The SMILES string of the molecule is CC(C)[C@@H](NCc1nc(-c2ccc(C(F)(F)F)cc2)ccc1F)C(C)O. The standard InChI is InChI=1S/C19H22F4N2O/c1-11(2)18(12(3)26)24-10-17-15(20)8-9-16(25-17)13-4-6-14(7-5-13)19(21,22)23/h4-9,11-12,18,24,26H,10H2,1-3H3/t12?,18-/m1/s1. The molecule has 0 aliphatic heterocycles. The Morgan fingerprint density at radius 3 is 2.15 bits per heavy atom. The molecule has 0 fully saturated rings. The molecular weight excluding hydrogens is 348 g/mol. The lowest BCUT2D eigenvalue weighted by molar-refractivity contribution is -0.137. The predicted octanol–water partition coefficient (Wildman–Crippen LogP) is 4.40. The number of nitrogens with zero attached hydrogens (tertiary/aromatic N) is 1. The van der Waals surface area contributed by atoms with Gasteiger partial charge in [-0.2, -0.15) is 13.2 Å². The number of aliphatic hydroxyl groups is 1. The van der Waals surface area contributed by atoms with Crippen molar-refractivity contribution in [3.05, 3.63) is 53.5 Å². The predicted molar refractivity (Wildman–Crippen MR) is 91.8 cm³/mol. The lowest BCUT2D eigenvalue weighted by Gasteiger charge is -2.25. The van der Waals surface area contributed by atoms with Gasteiger partial charge >= 0.3 is 6.18 Å². The second-order valence-electron chi connectivity index (χ2n) is 6.59. The molecule has 0 amide bonds.